The number of hydrogen-bond donors (Lipinski definition) is 1. The van der Waals surface area contributed by atoms with E-state index >= 15 is 0 Å². The molecule has 2 heterocycles. The number of carbonyl (C=O) groups excluding carboxylic acids is 1. The van der Waals surface area contributed by atoms with Crippen molar-refractivity contribution in [3.8, 4) is 0 Å². The van der Waals surface area contributed by atoms with Gasteiger partial charge < -0.3 is 4.52 Å². The molecule has 0 aliphatic carbocycles. The molecule has 0 unspecified atom stereocenters. The van der Waals surface area contributed by atoms with Crippen molar-refractivity contribution in [3.05, 3.63) is 22.0 Å². The molecule has 0 aliphatic heterocycles. The first-order chi connectivity index (χ1) is 9.61. The number of anilines is 1. The van der Waals surface area contributed by atoms with E-state index in [-0.39, 0.29) is 5.91 Å². The highest BCUT2D eigenvalue weighted by atomic mass is 32.1. The zero-order chi connectivity index (χ0) is 14.5. The Kier molecular flexibility index (Phi) is 4.84. The van der Waals surface area contributed by atoms with Crippen LogP contribution in [0.3, 0.4) is 0 Å². The number of amides is 1. The highest BCUT2D eigenvalue weighted by Crippen LogP contribution is 2.20. The summed E-state index contributed by atoms with van der Waals surface area (Å²) in [5, 5.41) is 16.0. The maximum atomic E-state index is 12.1. The lowest BCUT2D eigenvalue weighted by molar-refractivity contribution is 0.102. The van der Waals surface area contributed by atoms with Crippen LogP contribution in [0.1, 0.15) is 53.0 Å². The first-order valence-corrected chi connectivity index (χ1v) is 7.50. The van der Waals surface area contributed by atoms with Gasteiger partial charge in [0.2, 0.25) is 5.13 Å². The summed E-state index contributed by atoms with van der Waals surface area (Å²) in [6.07, 6.45) is 4.37. The lowest BCUT2D eigenvalue weighted by Crippen LogP contribution is -2.13. The molecule has 0 spiro atoms. The first kappa shape index (κ1) is 14.6. The molecule has 0 saturated carbocycles. The minimum Gasteiger partial charge on any atom is -0.361 e. The fraction of sp³-hybridized carbons (Fsp3) is 0.538. The van der Waals surface area contributed by atoms with E-state index in [9.17, 15) is 4.79 Å². The van der Waals surface area contributed by atoms with Crippen LogP contribution >= 0.6 is 11.3 Å². The summed E-state index contributed by atoms with van der Waals surface area (Å²) in [6.45, 7) is 5.61. The van der Waals surface area contributed by atoms with E-state index in [1.54, 1.807) is 13.8 Å². The number of hydrogen-bond acceptors (Lipinski definition) is 6. The highest BCUT2D eigenvalue weighted by molar-refractivity contribution is 7.15. The second kappa shape index (κ2) is 6.60. The van der Waals surface area contributed by atoms with Gasteiger partial charge in [-0.15, -0.1) is 10.2 Å². The predicted octanol–water partition coefficient (Wildman–Crippen LogP) is 3.13. The van der Waals surface area contributed by atoms with Crippen molar-refractivity contribution < 1.29 is 9.32 Å². The zero-order valence-electron chi connectivity index (χ0n) is 11.9. The van der Waals surface area contributed by atoms with Gasteiger partial charge in [-0.2, -0.15) is 0 Å². The number of nitrogens with zero attached hydrogens (tertiary/aromatic N) is 3. The SMILES string of the molecule is CCCCCc1nnc(NC(=O)c2c(C)noc2C)s1. The van der Waals surface area contributed by atoms with Crippen LogP contribution in [0.5, 0.6) is 0 Å². The normalized spacial score (nSPS) is 10.8. The van der Waals surface area contributed by atoms with Crippen LogP contribution in [0.2, 0.25) is 0 Å². The Morgan fingerprint density at radius 3 is 2.75 bits per heavy atom. The Hall–Kier alpha value is -1.76. The number of carbonyl (C=O) groups is 1. The molecule has 2 aromatic rings. The maximum absolute atomic E-state index is 12.1. The Morgan fingerprint density at radius 2 is 2.10 bits per heavy atom. The maximum Gasteiger partial charge on any atom is 0.263 e. The third-order valence-corrected chi connectivity index (χ3v) is 3.84. The summed E-state index contributed by atoms with van der Waals surface area (Å²) in [4.78, 5) is 12.1. The van der Waals surface area contributed by atoms with Gasteiger partial charge in [-0.25, -0.2) is 0 Å². The molecule has 108 valence electrons. The fourth-order valence-electron chi connectivity index (χ4n) is 1.90. The topological polar surface area (TPSA) is 80.9 Å². The van der Waals surface area contributed by atoms with Gasteiger partial charge in [-0.05, 0) is 20.3 Å². The Labute approximate surface area is 121 Å². The number of aromatic nitrogens is 3. The van der Waals surface area contributed by atoms with Crippen LogP contribution in [0, 0.1) is 13.8 Å². The molecule has 0 atom stereocenters. The van der Waals surface area contributed by atoms with E-state index in [4.69, 9.17) is 4.52 Å². The van der Waals surface area contributed by atoms with E-state index in [1.165, 1.54) is 24.2 Å². The van der Waals surface area contributed by atoms with Gasteiger partial charge in [0, 0.05) is 6.42 Å². The van der Waals surface area contributed by atoms with E-state index < -0.39 is 0 Å². The van der Waals surface area contributed by atoms with Gasteiger partial charge >= 0.3 is 0 Å². The molecule has 6 nitrogen and oxygen atoms in total. The predicted molar refractivity (Wildman–Crippen MR) is 77.1 cm³/mol. The average molecular weight is 294 g/mol. The molecule has 0 saturated heterocycles. The lowest BCUT2D eigenvalue weighted by Gasteiger charge is -1.99. The second-order valence-electron chi connectivity index (χ2n) is 4.61. The van der Waals surface area contributed by atoms with E-state index in [0.717, 1.165) is 17.8 Å². The quantitative estimate of drug-likeness (QED) is 0.828. The molecule has 20 heavy (non-hydrogen) atoms. The average Bonchev–Trinajstić information content (AvgIpc) is 2.97. The monoisotopic (exact) mass is 294 g/mol. The summed E-state index contributed by atoms with van der Waals surface area (Å²) in [6, 6.07) is 0. The minimum absolute atomic E-state index is 0.252. The van der Waals surface area contributed by atoms with E-state index in [0.29, 0.717) is 22.1 Å². The van der Waals surface area contributed by atoms with Crippen molar-refractivity contribution in [3.63, 3.8) is 0 Å². The van der Waals surface area contributed by atoms with Crippen molar-refractivity contribution in [1.82, 2.24) is 15.4 Å². The number of aryl methyl sites for hydroxylation is 3. The Balaban J connectivity index is 1.98. The van der Waals surface area contributed by atoms with E-state index in [2.05, 4.69) is 27.6 Å². The van der Waals surface area contributed by atoms with Crippen LogP contribution in [-0.2, 0) is 6.42 Å². The van der Waals surface area contributed by atoms with Crippen molar-refractivity contribution in [1.29, 1.82) is 0 Å². The third-order valence-electron chi connectivity index (χ3n) is 2.94. The van der Waals surface area contributed by atoms with Crippen LogP contribution in [0.25, 0.3) is 0 Å². The second-order valence-corrected chi connectivity index (χ2v) is 5.67. The summed E-state index contributed by atoms with van der Waals surface area (Å²) >= 11 is 1.42. The number of nitrogens with one attached hydrogen (secondary N) is 1. The van der Waals surface area contributed by atoms with Crippen molar-refractivity contribution in [2.75, 3.05) is 5.32 Å². The lowest BCUT2D eigenvalue weighted by atomic mass is 10.2. The van der Waals surface area contributed by atoms with Crippen LogP contribution < -0.4 is 5.32 Å². The Morgan fingerprint density at radius 1 is 1.30 bits per heavy atom. The molecular weight excluding hydrogens is 276 g/mol. The van der Waals surface area contributed by atoms with Crippen molar-refractivity contribution >= 4 is 22.4 Å². The standard InChI is InChI=1S/C13H18N4O2S/c1-4-5-6-7-10-15-16-13(20-10)14-12(18)11-8(2)17-19-9(11)3/h4-7H2,1-3H3,(H,14,16,18). The smallest absolute Gasteiger partial charge is 0.263 e. The van der Waals surface area contributed by atoms with Gasteiger partial charge in [-0.3, -0.25) is 10.1 Å². The van der Waals surface area contributed by atoms with Gasteiger partial charge in [-0.1, -0.05) is 36.3 Å². The molecule has 0 radical (unpaired) electrons. The summed E-state index contributed by atoms with van der Waals surface area (Å²) < 4.78 is 4.98. The number of rotatable bonds is 6. The molecule has 0 bridgehead atoms. The Bertz CT molecular complexity index is 571. The summed E-state index contributed by atoms with van der Waals surface area (Å²) in [5.41, 5.74) is 1.04. The summed E-state index contributed by atoms with van der Waals surface area (Å²) in [5.74, 6) is 0.255. The van der Waals surface area contributed by atoms with Crippen LogP contribution in [0.4, 0.5) is 5.13 Å². The molecule has 1 N–H and O–H groups in total. The molecule has 1 amide bonds. The van der Waals surface area contributed by atoms with E-state index in [1.807, 2.05) is 0 Å². The first-order valence-electron chi connectivity index (χ1n) is 6.68. The molecule has 0 aliphatic rings. The molecular formula is C13H18N4O2S. The zero-order valence-corrected chi connectivity index (χ0v) is 12.7. The van der Waals surface area contributed by atoms with Crippen LogP contribution in [-0.4, -0.2) is 21.3 Å². The van der Waals surface area contributed by atoms with Gasteiger partial charge in [0.15, 0.2) is 0 Å². The fourth-order valence-corrected chi connectivity index (χ4v) is 2.67. The van der Waals surface area contributed by atoms with Gasteiger partial charge in [0.25, 0.3) is 5.91 Å². The van der Waals surface area contributed by atoms with Crippen molar-refractivity contribution in [2.24, 2.45) is 0 Å². The molecule has 0 aromatic carbocycles. The minimum atomic E-state index is -0.252. The van der Waals surface area contributed by atoms with Gasteiger partial charge in [0.05, 0.1) is 5.69 Å². The molecule has 2 rings (SSSR count). The molecule has 0 fully saturated rings. The number of unbranched alkanes of at least 4 members (excludes halogenated alkanes) is 2. The largest absolute Gasteiger partial charge is 0.361 e. The molecule has 7 heteroatoms. The molecule has 2 aromatic heterocycles. The van der Waals surface area contributed by atoms with Crippen LogP contribution in [0.15, 0.2) is 4.52 Å². The third kappa shape index (κ3) is 3.41. The van der Waals surface area contributed by atoms with Crippen molar-refractivity contribution in [2.45, 2.75) is 46.5 Å². The van der Waals surface area contributed by atoms with Gasteiger partial charge in [0.1, 0.15) is 16.3 Å². The highest BCUT2D eigenvalue weighted by Gasteiger charge is 2.18. The summed E-state index contributed by atoms with van der Waals surface area (Å²) in [7, 11) is 0.